The lowest BCUT2D eigenvalue weighted by atomic mass is 10.0. The second-order valence-electron chi connectivity index (χ2n) is 7.06. The summed E-state index contributed by atoms with van der Waals surface area (Å²) in [5.74, 6) is -0.800. The van der Waals surface area contributed by atoms with Gasteiger partial charge >= 0.3 is 5.97 Å². The number of nitrogens with zero attached hydrogens (tertiary/aromatic N) is 3. The highest BCUT2D eigenvalue weighted by Gasteiger charge is 2.33. The minimum Gasteiger partial charge on any atom is -0.497 e. The largest absolute Gasteiger partial charge is 0.497 e. The number of carboxylic acid groups (broad SMARTS) is 1. The molecule has 7 nitrogen and oxygen atoms in total. The molecule has 1 fully saturated rings. The highest BCUT2D eigenvalue weighted by molar-refractivity contribution is 8.26. The molecule has 32 heavy (non-hydrogen) atoms. The fraction of sp³-hybridized carbons (Fsp3) is 0.130. The molecule has 0 spiro atoms. The van der Waals surface area contributed by atoms with Crippen LogP contribution in [0.15, 0.2) is 59.6 Å². The number of aryl methyl sites for hydroxylation is 1. The van der Waals surface area contributed by atoms with E-state index >= 15 is 0 Å². The van der Waals surface area contributed by atoms with Crippen molar-refractivity contribution in [2.75, 3.05) is 13.7 Å². The Hall–Kier alpha value is -3.43. The molecule has 4 rings (SSSR count). The van der Waals surface area contributed by atoms with Gasteiger partial charge in [-0.25, -0.2) is 4.68 Å². The first-order valence-corrected chi connectivity index (χ1v) is 10.9. The van der Waals surface area contributed by atoms with Crippen molar-refractivity contribution >= 4 is 46.3 Å². The summed E-state index contributed by atoms with van der Waals surface area (Å²) in [6.45, 7) is 1.51. The minimum atomic E-state index is -1.12. The van der Waals surface area contributed by atoms with Crippen molar-refractivity contribution in [3.8, 4) is 22.7 Å². The zero-order valence-corrected chi connectivity index (χ0v) is 18.9. The summed E-state index contributed by atoms with van der Waals surface area (Å²) in [4.78, 5) is 25.3. The van der Waals surface area contributed by atoms with E-state index in [0.717, 1.165) is 44.8 Å². The van der Waals surface area contributed by atoms with Crippen LogP contribution in [-0.4, -0.2) is 49.6 Å². The van der Waals surface area contributed by atoms with Gasteiger partial charge in [0.15, 0.2) is 0 Å². The number of carboxylic acids is 1. The lowest BCUT2D eigenvalue weighted by Gasteiger charge is -2.10. The monoisotopic (exact) mass is 465 g/mol. The molecule has 0 aliphatic carbocycles. The van der Waals surface area contributed by atoms with Crippen molar-refractivity contribution in [1.29, 1.82) is 0 Å². The first-order chi connectivity index (χ1) is 15.4. The van der Waals surface area contributed by atoms with Crippen molar-refractivity contribution < 1.29 is 19.4 Å². The molecule has 1 aliphatic rings. The standard InChI is InChI=1S/C23H19N3O4S2/c1-14-10-17(30-2)8-9-18(14)21-15(12-26(24-21)16-6-4-3-5-7-16)11-19-22(29)25(13-20(27)28)23(31)32-19/h3-12H,13H2,1-2H3,(H,27,28). The molecule has 3 aromatic rings. The van der Waals surface area contributed by atoms with Crippen LogP contribution in [0.5, 0.6) is 5.75 Å². The molecule has 0 bridgehead atoms. The SMILES string of the molecule is COc1ccc(-c2nn(-c3ccccc3)cc2C=C2SC(=S)N(CC(=O)O)C2=O)c(C)c1. The molecule has 2 aromatic carbocycles. The van der Waals surface area contributed by atoms with E-state index in [1.54, 1.807) is 17.9 Å². The number of amides is 1. The average molecular weight is 466 g/mol. The minimum absolute atomic E-state index is 0.223. The number of carbonyl (C=O) groups is 2. The molecule has 0 atom stereocenters. The average Bonchev–Trinajstić information content (AvgIpc) is 3.30. The number of hydrogen-bond acceptors (Lipinski definition) is 6. The van der Waals surface area contributed by atoms with Crippen molar-refractivity contribution in [3.63, 3.8) is 0 Å². The number of para-hydroxylation sites is 1. The van der Waals surface area contributed by atoms with Gasteiger partial charge in [0.2, 0.25) is 0 Å². The fourth-order valence-corrected chi connectivity index (χ4v) is 4.60. The Labute approximate surface area is 194 Å². The Kier molecular flexibility index (Phi) is 6.11. The smallest absolute Gasteiger partial charge is 0.323 e. The third-order valence-electron chi connectivity index (χ3n) is 4.91. The van der Waals surface area contributed by atoms with Gasteiger partial charge in [-0.3, -0.25) is 14.5 Å². The third kappa shape index (κ3) is 4.30. The van der Waals surface area contributed by atoms with Crippen molar-refractivity contribution in [2.45, 2.75) is 6.92 Å². The van der Waals surface area contributed by atoms with E-state index in [4.69, 9.17) is 27.2 Å². The predicted octanol–water partition coefficient (Wildman–Crippen LogP) is 4.14. The molecule has 1 amide bonds. The lowest BCUT2D eigenvalue weighted by Crippen LogP contribution is -2.33. The van der Waals surface area contributed by atoms with Crippen molar-refractivity contribution in [1.82, 2.24) is 14.7 Å². The van der Waals surface area contributed by atoms with Gasteiger partial charge in [-0.05, 0) is 48.9 Å². The number of hydrogen-bond donors (Lipinski definition) is 1. The Bertz CT molecular complexity index is 1250. The lowest BCUT2D eigenvalue weighted by molar-refractivity contribution is -0.140. The zero-order valence-electron chi connectivity index (χ0n) is 17.3. The summed E-state index contributed by atoms with van der Waals surface area (Å²) in [5.41, 5.74) is 4.15. The van der Waals surface area contributed by atoms with Crippen LogP contribution in [0.4, 0.5) is 0 Å². The summed E-state index contributed by atoms with van der Waals surface area (Å²) in [5, 5.41) is 13.9. The molecular formula is C23H19N3O4S2. The van der Waals surface area contributed by atoms with E-state index in [0.29, 0.717) is 10.6 Å². The molecule has 1 aliphatic heterocycles. The maximum absolute atomic E-state index is 12.8. The quantitative estimate of drug-likeness (QED) is 0.433. The predicted molar refractivity (Wildman–Crippen MR) is 128 cm³/mol. The van der Waals surface area contributed by atoms with Gasteiger partial charge in [-0.15, -0.1) is 0 Å². The molecule has 0 saturated carbocycles. The summed E-state index contributed by atoms with van der Waals surface area (Å²) in [6.07, 6.45) is 3.56. The summed E-state index contributed by atoms with van der Waals surface area (Å²) < 4.78 is 7.29. The van der Waals surface area contributed by atoms with Gasteiger partial charge in [0, 0.05) is 17.3 Å². The van der Waals surface area contributed by atoms with Gasteiger partial charge in [0.25, 0.3) is 5.91 Å². The van der Waals surface area contributed by atoms with Crippen LogP contribution >= 0.6 is 24.0 Å². The van der Waals surface area contributed by atoms with Crippen LogP contribution in [0.2, 0.25) is 0 Å². The van der Waals surface area contributed by atoms with Crippen LogP contribution in [-0.2, 0) is 9.59 Å². The maximum atomic E-state index is 12.8. The number of ether oxygens (including phenoxy) is 1. The number of aromatic nitrogens is 2. The van der Waals surface area contributed by atoms with Gasteiger partial charge in [-0.1, -0.05) is 42.2 Å². The number of rotatable bonds is 6. The Balaban J connectivity index is 1.82. The molecule has 1 aromatic heterocycles. The highest BCUT2D eigenvalue weighted by Crippen LogP contribution is 2.36. The van der Waals surface area contributed by atoms with E-state index in [-0.39, 0.29) is 4.32 Å². The fourth-order valence-electron chi connectivity index (χ4n) is 3.36. The number of methoxy groups -OCH3 is 1. The van der Waals surface area contributed by atoms with E-state index in [2.05, 4.69) is 0 Å². The van der Waals surface area contributed by atoms with Gasteiger partial charge in [-0.2, -0.15) is 5.10 Å². The van der Waals surface area contributed by atoms with Crippen LogP contribution in [0.25, 0.3) is 23.0 Å². The van der Waals surface area contributed by atoms with Gasteiger partial charge in [0.05, 0.1) is 17.7 Å². The molecular weight excluding hydrogens is 446 g/mol. The zero-order chi connectivity index (χ0) is 22.8. The number of thioether (sulfide) groups is 1. The topological polar surface area (TPSA) is 84.7 Å². The van der Waals surface area contributed by atoms with Crippen LogP contribution < -0.4 is 4.74 Å². The number of thiocarbonyl (C=S) groups is 1. The first kappa shape index (κ1) is 21.8. The van der Waals surface area contributed by atoms with Crippen molar-refractivity contribution in [2.24, 2.45) is 0 Å². The van der Waals surface area contributed by atoms with Crippen molar-refractivity contribution in [3.05, 3.63) is 70.8 Å². The number of aliphatic carboxylic acids is 1. The second-order valence-corrected chi connectivity index (χ2v) is 8.73. The van der Waals surface area contributed by atoms with Crippen LogP contribution in [0, 0.1) is 6.92 Å². The van der Waals surface area contributed by atoms with E-state index in [1.165, 1.54) is 0 Å². The first-order valence-electron chi connectivity index (χ1n) is 9.64. The van der Waals surface area contributed by atoms with Crippen LogP contribution in [0.3, 0.4) is 0 Å². The van der Waals surface area contributed by atoms with E-state index in [1.807, 2.05) is 61.7 Å². The van der Waals surface area contributed by atoms with Gasteiger partial charge < -0.3 is 9.84 Å². The molecule has 162 valence electrons. The van der Waals surface area contributed by atoms with Gasteiger partial charge in [0.1, 0.15) is 22.3 Å². The summed E-state index contributed by atoms with van der Waals surface area (Å²) in [7, 11) is 1.61. The molecule has 1 N–H and O–H groups in total. The van der Waals surface area contributed by atoms with E-state index < -0.39 is 18.4 Å². The highest BCUT2D eigenvalue weighted by atomic mass is 32.2. The van der Waals surface area contributed by atoms with E-state index in [9.17, 15) is 9.59 Å². The Morgan fingerprint density at radius 2 is 2.00 bits per heavy atom. The Morgan fingerprint density at radius 1 is 1.25 bits per heavy atom. The third-order valence-corrected chi connectivity index (χ3v) is 6.28. The molecule has 9 heteroatoms. The summed E-state index contributed by atoms with van der Waals surface area (Å²) in [6, 6.07) is 15.4. The number of carbonyl (C=O) groups excluding carboxylic acids is 1. The number of benzene rings is 2. The van der Waals surface area contributed by atoms with Crippen LogP contribution in [0.1, 0.15) is 11.1 Å². The second kappa shape index (κ2) is 8.97. The molecule has 0 radical (unpaired) electrons. The Morgan fingerprint density at radius 3 is 2.66 bits per heavy atom. The molecule has 0 unspecified atom stereocenters. The molecule has 1 saturated heterocycles. The normalized spacial score (nSPS) is 14.9. The molecule has 2 heterocycles. The summed E-state index contributed by atoms with van der Waals surface area (Å²) >= 11 is 6.30. The maximum Gasteiger partial charge on any atom is 0.323 e.